The van der Waals surface area contributed by atoms with Crippen LogP contribution in [0.3, 0.4) is 0 Å². The van der Waals surface area contributed by atoms with Gasteiger partial charge in [-0.3, -0.25) is 9.59 Å². The Bertz CT molecular complexity index is 574. The van der Waals surface area contributed by atoms with Crippen LogP contribution in [0, 0.1) is 0 Å². The van der Waals surface area contributed by atoms with Crippen LogP contribution in [0.25, 0.3) is 0 Å². The maximum absolute atomic E-state index is 11.5. The summed E-state index contributed by atoms with van der Waals surface area (Å²) in [5.41, 5.74) is 0.956. The zero-order valence-corrected chi connectivity index (χ0v) is 13.2. The highest BCUT2D eigenvalue weighted by Crippen LogP contribution is 2.12. The molecule has 0 spiro atoms. The summed E-state index contributed by atoms with van der Waals surface area (Å²) >= 11 is 0. The second-order valence-electron chi connectivity index (χ2n) is 4.69. The molecule has 0 heterocycles. The number of hydrogen-bond donors (Lipinski definition) is 2. The molecule has 0 unspecified atom stereocenters. The van der Waals surface area contributed by atoms with Crippen molar-refractivity contribution >= 4 is 11.8 Å². The molecule has 2 N–H and O–H groups in total. The molecule has 0 radical (unpaired) electrons. The predicted octanol–water partition coefficient (Wildman–Crippen LogP) is 2.12. The largest absolute Gasteiger partial charge is 0.490 e. The van der Waals surface area contributed by atoms with Crippen molar-refractivity contribution in [1.29, 1.82) is 0 Å². The van der Waals surface area contributed by atoms with Crippen molar-refractivity contribution in [3.8, 4) is 5.75 Å². The second kappa shape index (κ2) is 10.8. The lowest BCUT2D eigenvalue weighted by Gasteiger charge is -2.07. The average molecular weight is 314 g/mol. The summed E-state index contributed by atoms with van der Waals surface area (Å²) in [6.45, 7) is 5.83. The number of hydrogen-bond acceptors (Lipinski definition) is 3. The highest BCUT2D eigenvalue weighted by Gasteiger charge is 2.02. The first kappa shape index (κ1) is 18.2. The fraction of sp³-hybridized carbons (Fsp3) is 0.222. The lowest BCUT2D eigenvalue weighted by molar-refractivity contribution is -0.125. The van der Waals surface area contributed by atoms with Crippen LogP contribution >= 0.6 is 0 Å². The standard InChI is InChI=1S/C18H22N2O3/c1-3-4-5-6-7-12-23-17-10-8-16(9-11-17)13-20-18(22)14-19-15(2)21/h3-11H,1,12-14H2,2H3,(H,19,21)(H,20,22)/b5-4-,7-6+. The van der Waals surface area contributed by atoms with Crippen molar-refractivity contribution in [2.45, 2.75) is 13.5 Å². The monoisotopic (exact) mass is 314 g/mol. The third kappa shape index (κ3) is 8.93. The molecule has 0 saturated carbocycles. The number of allylic oxidation sites excluding steroid dienone is 4. The average Bonchev–Trinajstić information content (AvgIpc) is 2.55. The summed E-state index contributed by atoms with van der Waals surface area (Å²) in [5.74, 6) is 0.310. The first-order valence-electron chi connectivity index (χ1n) is 7.29. The van der Waals surface area contributed by atoms with Gasteiger partial charge in [0.2, 0.25) is 11.8 Å². The molecule has 0 aliphatic carbocycles. The van der Waals surface area contributed by atoms with E-state index in [1.165, 1.54) is 6.92 Å². The van der Waals surface area contributed by atoms with Crippen molar-refractivity contribution in [1.82, 2.24) is 10.6 Å². The zero-order valence-electron chi connectivity index (χ0n) is 13.2. The molecule has 2 amide bonds. The Hall–Kier alpha value is -2.82. The topological polar surface area (TPSA) is 67.4 Å². The van der Waals surface area contributed by atoms with E-state index in [2.05, 4.69) is 17.2 Å². The minimum atomic E-state index is -0.226. The van der Waals surface area contributed by atoms with Gasteiger partial charge in [0.1, 0.15) is 12.4 Å². The van der Waals surface area contributed by atoms with Crippen molar-refractivity contribution < 1.29 is 14.3 Å². The minimum absolute atomic E-state index is 0.0108. The van der Waals surface area contributed by atoms with Crippen molar-refractivity contribution in [3.05, 3.63) is 66.8 Å². The molecule has 1 aromatic carbocycles. The molecule has 1 rings (SSSR count). The van der Waals surface area contributed by atoms with Crippen LogP contribution in [0.4, 0.5) is 0 Å². The molecular formula is C18H22N2O3. The molecule has 1 aromatic rings. The third-order valence-electron chi connectivity index (χ3n) is 2.75. The van der Waals surface area contributed by atoms with Crippen LogP contribution in [-0.2, 0) is 16.1 Å². The molecule has 0 atom stereocenters. The molecule has 0 saturated heterocycles. The Morgan fingerprint density at radius 3 is 2.52 bits per heavy atom. The van der Waals surface area contributed by atoms with Crippen LogP contribution < -0.4 is 15.4 Å². The molecule has 5 nitrogen and oxygen atoms in total. The Morgan fingerprint density at radius 1 is 1.13 bits per heavy atom. The number of carbonyl (C=O) groups excluding carboxylic acids is 2. The Balaban J connectivity index is 2.31. The van der Waals surface area contributed by atoms with E-state index in [0.29, 0.717) is 13.2 Å². The SMILES string of the molecule is C=C/C=C\C=C\COc1ccc(CNC(=O)CNC(C)=O)cc1. The predicted molar refractivity (Wildman–Crippen MR) is 90.9 cm³/mol. The summed E-state index contributed by atoms with van der Waals surface area (Å²) in [4.78, 5) is 22.2. The van der Waals surface area contributed by atoms with E-state index >= 15 is 0 Å². The molecule has 0 fully saturated rings. The Kier molecular flexibility index (Phi) is 8.59. The van der Waals surface area contributed by atoms with E-state index in [-0.39, 0.29) is 18.4 Å². The summed E-state index contributed by atoms with van der Waals surface area (Å²) in [5, 5.41) is 5.17. The number of nitrogens with one attached hydrogen (secondary N) is 2. The summed E-state index contributed by atoms with van der Waals surface area (Å²) < 4.78 is 5.55. The normalized spacial score (nSPS) is 10.7. The smallest absolute Gasteiger partial charge is 0.239 e. The van der Waals surface area contributed by atoms with Gasteiger partial charge in [0.05, 0.1) is 6.54 Å². The van der Waals surface area contributed by atoms with Gasteiger partial charge in [0.25, 0.3) is 0 Å². The number of ether oxygens (including phenoxy) is 1. The lowest BCUT2D eigenvalue weighted by atomic mass is 10.2. The van der Waals surface area contributed by atoms with E-state index in [0.717, 1.165) is 11.3 Å². The first-order valence-corrected chi connectivity index (χ1v) is 7.29. The van der Waals surface area contributed by atoms with Crippen LogP contribution in [-0.4, -0.2) is 25.0 Å². The van der Waals surface area contributed by atoms with E-state index in [4.69, 9.17) is 4.74 Å². The van der Waals surface area contributed by atoms with E-state index < -0.39 is 0 Å². The van der Waals surface area contributed by atoms with Gasteiger partial charge < -0.3 is 15.4 Å². The van der Waals surface area contributed by atoms with Crippen LogP contribution in [0.2, 0.25) is 0 Å². The van der Waals surface area contributed by atoms with Crippen molar-refractivity contribution in [2.24, 2.45) is 0 Å². The maximum atomic E-state index is 11.5. The molecular weight excluding hydrogens is 292 g/mol. The van der Waals surface area contributed by atoms with Gasteiger partial charge in [-0.1, -0.05) is 43.0 Å². The third-order valence-corrected chi connectivity index (χ3v) is 2.75. The summed E-state index contributed by atoms with van der Waals surface area (Å²) in [7, 11) is 0. The molecule has 0 aliphatic heterocycles. The molecule has 0 aromatic heterocycles. The van der Waals surface area contributed by atoms with Crippen LogP contribution in [0.5, 0.6) is 5.75 Å². The number of amides is 2. The van der Waals surface area contributed by atoms with Gasteiger partial charge in [-0.05, 0) is 23.8 Å². The number of benzene rings is 1. The Labute approximate surface area is 136 Å². The Morgan fingerprint density at radius 2 is 1.87 bits per heavy atom. The molecule has 122 valence electrons. The van der Waals surface area contributed by atoms with E-state index in [9.17, 15) is 9.59 Å². The summed E-state index contributed by atoms with van der Waals surface area (Å²) in [6, 6.07) is 7.47. The lowest BCUT2D eigenvalue weighted by Crippen LogP contribution is -2.35. The highest BCUT2D eigenvalue weighted by molar-refractivity contribution is 5.83. The first-order chi connectivity index (χ1) is 11.1. The van der Waals surface area contributed by atoms with Gasteiger partial charge in [0, 0.05) is 13.5 Å². The fourth-order valence-corrected chi connectivity index (χ4v) is 1.59. The van der Waals surface area contributed by atoms with E-state index in [1.54, 1.807) is 6.08 Å². The van der Waals surface area contributed by atoms with Crippen LogP contribution in [0.15, 0.2) is 61.2 Å². The minimum Gasteiger partial charge on any atom is -0.490 e. The van der Waals surface area contributed by atoms with Crippen molar-refractivity contribution in [2.75, 3.05) is 13.2 Å². The van der Waals surface area contributed by atoms with Crippen LogP contribution in [0.1, 0.15) is 12.5 Å². The van der Waals surface area contributed by atoms with Gasteiger partial charge in [0.15, 0.2) is 0 Å². The van der Waals surface area contributed by atoms with Gasteiger partial charge in [-0.25, -0.2) is 0 Å². The number of rotatable bonds is 9. The summed E-state index contributed by atoms with van der Waals surface area (Å²) in [6.07, 6.45) is 9.21. The van der Waals surface area contributed by atoms with Gasteiger partial charge in [-0.15, -0.1) is 0 Å². The number of carbonyl (C=O) groups is 2. The molecule has 23 heavy (non-hydrogen) atoms. The quantitative estimate of drug-likeness (QED) is 0.686. The van der Waals surface area contributed by atoms with Gasteiger partial charge in [-0.2, -0.15) is 0 Å². The van der Waals surface area contributed by atoms with E-state index in [1.807, 2.05) is 48.6 Å². The fourth-order valence-electron chi connectivity index (χ4n) is 1.59. The zero-order chi connectivity index (χ0) is 16.9. The van der Waals surface area contributed by atoms with Gasteiger partial charge >= 0.3 is 0 Å². The maximum Gasteiger partial charge on any atom is 0.239 e. The molecule has 0 aliphatic rings. The van der Waals surface area contributed by atoms with Crippen molar-refractivity contribution in [3.63, 3.8) is 0 Å². The molecule has 0 bridgehead atoms. The second-order valence-corrected chi connectivity index (χ2v) is 4.69. The highest BCUT2D eigenvalue weighted by atomic mass is 16.5. The molecule has 5 heteroatoms.